The first-order valence-electron chi connectivity index (χ1n) is 14.4. The number of rotatable bonds is 8. The van der Waals surface area contributed by atoms with E-state index in [2.05, 4.69) is 10.2 Å². The number of methoxy groups -OCH3 is 2. The molecule has 1 amide bonds. The molecule has 1 aliphatic rings. The van der Waals surface area contributed by atoms with Crippen LogP contribution in [0.25, 0.3) is 10.9 Å². The molecule has 12 heteroatoms. The summed E-state index contributed by atoms with van der Waals surface area (Å²) < 4.78 is 44.7. The smallest absolute Gasteiger partial charge is 0.419 e. The lowest BCUT2D eigenvalue weighted by Gasteiger charge is -2.42. The van der Waals surface area contributed by atoms with Gasteiger partial charge in [-0.25, -0.2) is 18.4 Å². The van der Waals surface area contributed by atoms with Gasteiger partial charge in [-0.15, -0.1) is 0 Å². The number of aromatic nitrogens is 1. The minimum absolute atomic E-state index is 0.184. The van der Waals surface area contributed by atoms with E-state index in [0.717, 1.165) is 22.1 Å². The second-order valence-electron chi connectivity index (χ2n) is 11.9. The summed E-state index contributed by atoms with van der Waals surface area (Å²) in [5.74, 6) is -0.347. The molecular formula is C32H40F2N4O6. The number of carbonyl (C=O) groups is 3. The fraction of sp³-hybridized carbons (Fsp3) is 0.469. The molecule has 0 spiro atoms. The molecule has 1 aliphatic heterocycles. The van der Waals surface area contributed by atoms with Crippen LogP contribution in [0.2, 0.25) is 0 Å². The molecule has 2 heterocycles. The first-order valence-corrected chi connectivity index (χ1v) is 14.4. The number of hydrogen-bond donors (Lipinski definition) is 1. The lowest BCUT2D eigenvalue weighted by atomic mass is 9.97. The van der Waals surface area contributed by atoms with Crippen LogP contribution in [0.15, 0.2) is 36.5 Å². The number of esters is 1. The van der Waals surface area contributed by atoms with Crippen LogP contribution < -0.4 is 10.1 Å². The fourth-order valence-electron chi connectivity index (χ4n) is 5.67. The number of benzene rings is 2. The monoisotopic (exact) mass is 614 g/mol. The van der Waals surface area contributed by atoms with E-state index in [0.29, 0.717) is 30.9 Å². The molecule has 0 radical (unpaired) electrons. The van der Waals surface area contributed by atoms with Crippen molar-refractivity contribution < 1.29 is 37.4 Å². The van der Waals surface area contributed by atoms with Gasteiger partial charge in [0.15, 0.2) is 0 Å². The van der Waals surface area contributed by atoms with Crippen LogP contribution in [0.5, 0.6) is 5.75 Å². The van der Waals surface area contributed by atoms with Crippen molar-refractivity contribution >= 4 is 34.6 Å². The number of amides is 1. The van der Waals surface area contributed by atoms with E-state index in [1.165, 1.54) is 18.6 Å². The highest BCUT2D eigenvalue weighted by atomic mass is 19.3. The third-order valence-electron chi connectivity index (χ3n) is 7.52. The predicted molar refractivity (Wildman–Crippen MR) is 163 cm³/mol. The van der Waals surface area contributed by atoms with Gasteiger partial charge in [0.25, 0.3) is 6.43 Å². The molecule has 0 unspecified atom stereocenters. The van der Waals surface area contributed by atoms with Crippen molar-refractivity contribution in [1.82, 2.24) is 14.4 Å². The summed E-state index contributed by atoms with van der Waals surface area (Å²) in [6, 6.07) is 8.37. The SMILES string of the molecule is COC(=O)c1ccc([C@@H]2CN(CC(F)F)CCN2Cc2c(OC)cc(C)c3c2ccn3C(=O)OC(C)(C)C)cc1NC(C)=O. The average molecular weight is 615 g/mol. The number of aryl methyl sites for hydroxylation is 1. The fourth-order valence-corrected chi connectivity index (χ4v) is 5.67. The second-order valence-corrected chi connectivity index (χ2v) is 11.9. The van der Waals surface area contributed by atoms with Crippen molar-refractivity contribution in [3.8, 4) is 5.75 Å². The topological polar surface area (TPSA) is 102 Å². The molecule has 1 saturated heterocycles. The molecule has 238 valence electrons. The van der Waals surface area contributed by atoms with E-state index in [1.807, 2.05) is 19.1 Å². The van der Waals surface area contributed by atoms with E-state index in [9.17, 15) is 23.2 Å². The Morgan fingerprint density at radius 3 is 2.43 bits per heavy atom. The Morgan fingerprint density at radius 2 is 1.82 bits per heavy atom. The van der Waals surface area contributed by atoms with Gasteiger partial charge < -0.3 is 19.5 Å². The van der Waals surface area contributed by atoms with Crippen LogP contribution >= 0.6 is 0 Å². The van der Waals surface area contributed by atoms with Gasteiger partial charge in [0.2, 0.25) is 5.91 Å². The summed E-state index contributed by atoms with van der Waals surface area (Å²) in [5.41, 5.74) is 2.86. The van der Waals surface area contributed by atoms with Crippen LogP contribution in [0.1, 0.15) is 60.8 Å². The van der Waals surface area contributed by atoms with Crippen LogP contribution in [-0.4, -0.2) is 84.8 Å². The minimum Gasteiger partial charge on any atom is -0.496 e. The Bertz CT molecular complexity index is 1550. The number of anilines is 1. The number of alkyl halides is 2. The third kappa shape index (κ3) is 7.36. The molecule has 44 heavy (non-hydrogen) atoms. The maximum Gasteiger partial charge on any atom is 0.419 e. The van der Waals surface area contributed by atoms with E-state index in [-0.39, 0.29) is 36.3 Å². The van der Waals surface area contributed by atoms with Crippen molar-refractivity contribution in [3.63, 3.8) is 0 Å². The summed E-state index contributed by atoms with van der Waals surface area (Å²) in [5, 5.41) is 3.50. The number of nitrogens with zero attached hydrogens (tertiary/aromatic N) is 3. The van der Waals surface area contributed by atoms with Gasteiger partial charge in [0.1, 0.15) is 11.4 Å². The molecule has 1 aromatic heterocycles. The Kier molecular flexibility index (Phi) is 9.94. The van der Waals surface area contributed by atoms with Crippen LogP contribution in [0, 0.1) is 6.92 Å². The van der Waals surface area contributed by atoms with Crippen LogP contribution in [0.4, 0.5) is 19.3 Å². The Hall–Kier alpha value is -4.03. The third-order valence-corrected chi connectivity index (χ3v) is 7.52. The molecule has 0 bridgehead atoms. The zero-order valence-electron chi connectivity index (χ0n) is 26.2. The zero-order chi connectivity index (χ0) is 32.3. The molecular weight excluding hydrogens is 574 g/mol. The van der Waals surface area contributed by atoms with E-state index >= 15 is 0 Å². The number of carbonyl (C=O) groups excluding carboxylic acids is 3. The molecule has 0 aliphatic carbocycles. The maximum absolute atomic E-state index is 13.5. The first-order chi connectivity index (χ1) is 20.7. The van der Waals surface area contributed by atoms with Gasteiger partial charge in [-0.1, -0.05) is 6.07 Å². The van der Waals surface area contributed by atoms with Crippen molar-refractivity contribution in [2.75, 3.05) is 45.7 Å². The van der Waals surface area contributed by atoms with Crippen molar-refractivity contribution in [2.24, 2.45) is 0 Å². The standard InChI is InChI=1S/C32H40F2N4O6/c1-19-14-27(42-6)24(22-10-11-38(29(19)22)31(41)44-32(3,4)5)16-37-13-12-36(18-28(33)34)17-26(37)21-8-9-23(30(40)43-7)25(15-21)35-20(2)39/h8-11,14-15,26,28H,12-13,16-18H2,1-7H3,(H,35,39)/t26-/m0/s1. The number of nitrogens with one attached hydrogen (secondary N) is 1. The summed E-state index contributed by atoms with van der Waals surface area (Å²) in [4.78, 5) is 41.3. The van der Waals surface area contributed by atoms with Gasteiger partial charge in [0.05, 0.1) is 37.5 Å². The van der Waals surface area contributed by atoms with Crippen LogP contribution in [-0.2, 0) is 20.8 Å². The number of halogens is 2. The lowest BCUT2D eigenvalue weighted by molar-refractivity contribution is -0.114. The first kappa shape index (κ1) is 32.9. The second kappa shape index (κ2) is 13.3. The quantitative estimate of drug-likeness (QED) is 0.327. The number of ether oxygens (including phenoxy) is 3. The Morgan fingerprint density at radius 1 is 1.09 bits per heavy atom. The summed E-state index contributed by atoms with van der Waals surface area (Å²) in [7, 11) is 2.84. The van der Waals surface area contributed by atoms with E-state index in [1.54, 1.807) is 57.2 Å². The Balaban J connectivity index is 1.79. The highest BCUT2D eigenvalue weighted by Crippen LogP contribution is 2.37. The van der Waals surface area contributed by atoms with Crippen molar-refractivity contribution in [3.05, 3.63) is 58.8 Å². The highest BCUT2D eigenvalue weighted by molar-refractivity contribution is 6.01. The molecule has 0 saturated carbocycles. The van der Waals surface area contributed by atoms with Gasteiger partial charge in [-0.2, -0.15) is 0 Å². The van der Waals surface area contributed by atoms with Gasteiger partial charge >= 0.3 is 12.1 Å². The molecule has 1 fully saturated rings. The zero-order valence-corrected chi connectivity index (χ0v) is 26.2. The molecule has 4 rings (SSSR count). The van der Waals surface area contributed by atoms with E-state index < -0.39 is 24.1 Å². The largest absolute Gasteiger partial charge is 0.496 e. The maximum atomic E-state index is 13.5. The van der Waals surface area contributed by atoms with Crippen molar-refractivity contribution in [1.29, 1.82) is 0 Å². The highest BCUT2D eigenvalue weighted by Gasteiger charge is 2.32. The molecule has 10 nitrogen and oxygen atoms in total. The molecule has 3 aromatic rings. The van der Waals surface area contributed by atoms with Gasteiger partial charge in [-0.05, 0) is 63.1 Å². The Labute approximate surface area is 255 Å². The molecule has 2 aromatic carbocycles. The lowest BCUT2D eigenvalue weighted by Crippen LogP contribution is -2.49. The minimum atomic E-state index is -2.50. The molecule has 1 atom stereocenters. The van der Waals surface area contributed by atoms with Gasteiger partial charge in [0, 0.05) is 56.3 Å². The number of piperazine rings is 1. The molecule has 1 N–H and O–H groups in total. The van der Waals surface area contributed by atoms with E-state index in [4.69, 9.17) is 14.2 Å². The predicted octanol–water partition coefficient (Wildman–Crippen LogP) is 5.61. The summed E-state index contributed by atoms with van der Waals surface area (Å²) in [6.45, 7) is 9.81. The summed E-state index contributed by atoms with van der Waals surface area (Å²) in [6.07, 6.45) is -1.32. The number of fused-ring (bicyclic) bond motifs is 1. The van der Waals surface area contributed by atoms with Gasteiger partial charge in [-0.3, -0.25) is 19.2 Å². The average Bonchev–Trinajstić information content (AvgIpc) is 3.39. The number of hydrogen-bond acceptors (Lipinski definition) is 8. The van der Waals surface area contributed by atoms with Crippen molar-refractivity contribution in [2.45, 2.75) is 59.2 Å². The van der Waals surface area contributed by atoms with Crippen LogP contribution in [0.3, 0.4) is 0 Å². The summed E-state index contributed by atoms with van der Waals surface area (Å²) >= 11 is 0. The normalized spacial score (nSPS) is 16.3.